The minimum absolute atomic E-state index is 0.101. The van der Waals surface area contributed by atoms with E-state index in [0.717, 1.165) is 30.8 Å². The lowest BCUT2D eigenvalue weighted by Crippen LogP contribution is -2.22. The number of esters is 1. The lowest BCUT2D eigenvalue weighted by atomic mass is 9.84. The molecule has 0 saturated heterocycles. The Morgan fingerprint density at radius 3 is 2.74 bits per heavy atom. The van der Waals surface area contributed by atoms with Crippen LogP contribution < -0.4 is 18.9 Å². The van der Waals surface area contributed by atoms with Gasteiger partial charge in [-0.05, 0) is 47.5 Å². The largest absolute Gasteiger partial charge is 0.493 e. The molecule has 4 heterocycles. The molecule has 3 aliphatic heterocycles. The van der Waals surface area contributed by atoms with Crippen molar-refractivity contribution in [3.8, 4) is 23.0 Å². The van der Waals surface area contributed by atoms with Gasteiger partial charge >= 0.3 is 5.97 Å². The zero-order valence-electron chi connectivity index (χ0n) is 21.0. The zero-order chi connectivity index (χ0) is 26.3. The van der Waals surface area contributed by atoms with Gasteiger partial charge in [0.1, 0.15) is 28.8 Å². The second-order valence-electron chi connectivity index (χ2n) is 9.72. The first-order chi connectivity index (χ1) is 19.1. The van der Waals surface area contributed by atoms with Crippen LogP contribution in [0.2, 0.25) is 0 Å². The van der Waals surface area contributed by atoms with Crippen LogP contribution in [0.15, 0.2) is 83.2 Å². The fraction of sp³-hybridized carbons (Fsp3) is 0.188. The summed E-state index contributed by atoms with van der Waals surface area (Å²) in [6, 6.07) is 20.7. The molecule has 194 valence electrons. The standard InChI is InChI=1S/C32H24O7/c33-29-18-24(22-5-1-2-6-26(22)37-14-11-19-7-9-25-20(16-19)12-15-36-25)30-27(38-29)10-8-23-31(34)28(39-32(23)30)17-21-4-3-13-35-21/h1-10,13,16-17,24H,11-12,14-15,18H2. The van der Waals surface area contributed by atoms with Crippen LogP contribution in [-0.4, -0.2) is 25.0 Å². The normalized spacial score (nSPS) is 18.2. The summed E-state index contributed by atoms with van der Waals surface area (Å²) in [5.41, 5.74) is 4.34. The van der Waals surface area contributed by atoms with E-state index in [-0.39, 0.29) is 23.9 Å². The number of ether oxygens (including phenoxy) is 4. The summed E-state index contributed by atoms with van der Waals surface area (Å²) >= 11 is 0. The average molecular weight is 521 g/mol. The minimum atomic E-state index is -0.402. The monoisotopic (exact) mass is 520 g/mol. The van der Waals surface area contributed by atoms with Crippen molar-refractivity contribution in [1.29, 1.82) is 0 Å². The molecule has 0 radical (unpaired) electrons. The highest BCUT2D eigenvalue weighted by atomic mass is 16.5. The number of fused-ring (bicyclic) bond motifs is 4. The Hall–Kier alpha value is -4.78. The molecule has 0 saturated carbocycles. The van der Waals surface area contributed by atoms with Crippen molar-refractivity contribution in [1.82, 2.24) is 0 Å². The first kappa shape index (κ1) is 23.3. The SMILES string of the molecule is O=C1CC(c2ccccc2OCCc2ccc3c(c2)CCO3)c2c(ccc3c2OC(=Cc2ccco2)C3=O)O1. The van der Waals surface area contributed by atoms with Gasteiger partial charge in [-0.3, -0.25) is 9.59 Å². The van der Waals surface area contributed by atoms with Gasteiger partial charge in [0.15, 0.2) is 5.76 Å². The number of hydrogen-bond acceptors (Lipinski definition) is 7. The van der Waals surface area contributed by atoms with Gasteiger partial charge in [0, 0.05) is 36.0 Å². The number of Topliss-reactive ketones (excluding diaryl/α,β-unsaturated/α-hetero) is 1. The third kappa shape index (κ3) is 4.26. The number of hydrogen-bond donors (Lipinski definition) is 0. The third-order valence-electron chi connectivity index (χ3n) is 7.29. The third-order valence-corrected chi connectivity index (χ3v) is 7.29. The molecule has 0 spiro atoms. The second kappa shape index (κ2) is 9.51. The molecule has 1 aromatic heterocycles. The molecule has 3 aliphatic rings. The molecule has 1 atom stereocenters. The second-order valence-corrected chi connectivity index (χ2v) is 9.72. The van der Waals surface area contributed by atoms with Crippen molar-refractivity contribution in [2.75, 3.05) is 13.2 Å². The van der Waals surface area contributed by atoms with E-state index in [0.29, 0.717) is 40.7 Å². The first-order valence-corrected chi connectivity index (χ1v) is 13.0. The summed E-state index contributed by atoms with van der Waals surface area (Å²) in [6.07, 6.45) is 4.87. The molecule has 4 aromatic rings. The lowest BCUT2D eigenvalue weighted by molar-refractivity contribution is -0.135. The van der Waals surface area contributed by atoms with E-state index >= 15 is 0 Å². The van der Waals surface area contributed by atoms with E-state index in [1.165, 1.54) is 17.4 Å². The van der Waals surface area contributed by atoms with Crippen LogP contribution >= 0.6 is 0 Å². The molecular weight excluding hydrogens is 496 g/mol. The topological polar surface area (TPSA) is 84.2 Å². The number of furan rings is 1. The fourth-order valence-electron chi connectivity index (χ4n) is 5.45. The lowest BCUT2D eigenvalue weighted by Gasteiger charge is -2.27. The molecule has 7 heteroatoms. The smallest absolute Gasteiger partial charge is 0.312 e. The van der Waals surface area contributed by atoms with Crippen LogP contribution in [0, 0.1) is 0 Å². The van der Waals surface area contributed by atoms with Gasteiger partial charge in [0.05, 0.1) is 31.5 Å². The number of carbonyl (C=O) groups is 2. The van der Waals surface area contributed by atoms with Crippen LogP contribution in [0.5, 0.6) is 23.0 Å². The Labute approximate surface area is 224 Å². The van der Waals surface area contributed by atoms with Gasteiger partial charge in [0.25, 0.3) is 0 Å². The Morgan fingerprint density at radius 1 is 0.949 bits per heavy atom. The molecule has 0 fully saturated rings. The molecule has 0 aliphatic carbocycles. The van der Waals surface area contributed by atoms with Gasteiger partial charge in [-0.2, -0.15) is 0 Å². The molecule has 0 N–H and O–H groups in total. The van der Waals surface area contributed by atoms with Gasteiger partial charge in [0.2, 0.25) is 5.78 Å². The summed E-state index contributed by atoms with van der Waals surface area (Å²) < 4.78 is 28.9. The molecule has 39 heavy (non-hydrogen) atoms. The zero-order valence-corrected chi connectivity index (χ0v) is 21.0. The van der Waals surface area contributed by atoms with Gasteiger partial charge in [-0.25, -0.2) is 0 Å². The fourth-order valence-corrected chi connectivity index (χ4v) is 5.45. The summed E-state index contributed by atoms with van der Waals surface area (Å²) in [7, 11) is 0. The van der Waals surface area contributed by atoms with Crippen LogP contribution in [0.1, 0.15) is 50.7 Å². The van der Waals surface area contributed by atoms with E-state index in [2.05, 4.69) is 12.1 Å². The van der Waals surface area contributed by atoms with Crippen molar-refractivity contribution in [3.05, 3.63) is 112 Å². The molecule has 7 nitrogen and oxygen atoms in total. The molecule has 0 amide bonds. The molecule has 0 bridgehead atoms. The van der Waals surface area contributed by atoms with E-state index < -0.39 is 5.92 Å². The summed E-state index contributed by atoms with van der Waals surface area (Å²) in [5.74, 6) is 2.11. The number of ketones is 1. The van der Waals surface area contributed by atoms with Crippen molar-refractivity contribution in [2.24, 2.45) is 0 Å². The van der Waals surface area contributed by atoms with E-state index in [9.17, 15) is 9.59 Å². The number of para-hydroxylation sites is 1. The summed E-state index contributed by atoms with van der Waals surface area (Å²) in [4.78, 5) is 25.8. The highest BCUT2D eigenvalue weighted by Gasteiger charge is 2.39. The average Bonchev–Trinajstić information content (AvgIpc) is 3.70. The predicted octanol–water partition coefficient (Wildman–Crippen LogP) is 5.89. The maximum absolute atomic E-state index is 13.2. The van der Waals surface area contributed by atoms with E-state index in [4.69, 9.17) is 23.4 Å². The van der Waals surface area contributed by atoms with Crippen molar-refractivity contribution >= 4 is 17.8 Å². The van der Waals surface area contributed by atoms with Gasteiger partial charge in [-0.15, -0.1) is 0 Å². The van der Waals surface area contributed by atoms with Crippen molar-refractivity contribution in [2.45, 2.75) is 25.2 Å². The maximum atomic E-state index is 13.2. The van der Waals surface area contributed by atoms with Crippen LogP contribution in [0.25, 0.3) is 6.08 Å². The van der Waals surface area contributed by atoms with Crippen LogP contribution in [0.3, 0.4) is 0 Å². The van der Waals surface area contributed by atoms with Gasteiger partial charge < -0.3 is 23.4 Å². The highest BCUT2D eigenvalue weighted by Crippen LogP contribution is 2.50. The Morgan fingerprint density at radius 2 is 1.85 bits per heavy atom. The van der Waals surface area contributed by atoms with Crippen LogP contribution in [0.4, 0.5) is 0 Å². The number of rotatable bonds is 6. The van der Waals surface area contributed by atoms with Crippen molar-refractivity contribution in [3.63, 3.8) is 0 Å². The van der Waals surface area contributed by atoms with E-state index in [1.54, 1.807) is 30.3 Å². The Kier molecular flexibility index (Phi) is 5.69. The van der Waals surface area contributed by atoms with Crippen molar-refractivity contribution < 1.29 is 33.0 Å². The summed E-state index contributed by atoms with van der Waals surface area (Å²) in [6.45, 7) is 1.20. The maximum Gasteiger partial charge on any atom is 0.312 e. The van der Waals surface area contributed by atoms with Crippen LogP contribution in [-0.2, 0) is 17.6 Å². The number of carbonyl (C=O) groups excluding carboxylic acids is 2. The molecule has 3 aromatic carbocycles. The molecular formula is C32H24O7. The summed E-state index contributed by atoms with van der Waals surface area (Å²) in [5, 5.41) is 0. The predicted molar refractivity (Wildman–Crippen MR) is 141 cm³/mol. The quantitative estimate of drug-likeness (QED) is 0.178. The Bertz CT molecular complexity index is 1630. The van der Waals surface area contributed by atoms with Gasteiger partial charge in [-0.1, -0.05) is 30.3 Å². The molecule has 7 rings (SSSR count). The van der Waals surface area contributed by atoms with E-state index in [1.807, 2.05) is 30.3 Å². The Balaban J connectivity index is 1.19. The first-order valence-electron chi connectivity index (χ1n) is 13.0. The number of allylic oxidation sites excluding steroid dienone is 1. The number of benzene rings is 3. The highest BCUT2D eigenvalue weighted by molar-refractivity contribution is 6.15. The minimum Gasteiger partial charge on any atom is -0.493 e. The molecule has 1 unspecified atom stereocenters.